The lowest BCUT2D eigenvalue weighted by atomic mass is 9.83. The van der Waals surface area contributed by atoms with Crippen LogP contribution in [-0.4, -0.2) is 83.7 Å². The van der Waals surface area contributed by atoms with Gasteiger partial charge in [0.1, 0.15) is 17.6 Å². The predicted octanol–water partition coefficient (Wildman–Crippen LogP) is 5.76. The molecule has 2 amide bonds. The minimum absolute atomic E-state index is 0.0168. The van der Waals surface area contributed by atoms with E-state index in [0.29, 0.717) is 37.3 Å². The Bertz CT molecular complexity index is 2130. The van der Waals surface area contributed by atoms with Gasteiger partial charge in [-0.15, -0.1) is 0 Å². The molecule has 7 atom stereocenters. The number of alkyl halides is 2. The van der Waals surface area contributed by atoms with Crippen LogP contribution in [0.4, 0.5) is 8.78 Å². The maximum Gasteiger partial charge on any atom is 0.248 e. The van der Waals surface area contributed by atoms with Crippen LogP contribution in [0.1, 0.15) is 110 Å². The molecule has 4 fully saturated rings. The highest BCUT2D eigenvalue weighted by atomic mass is 32.2. The van der Waals surface area contributed by atoms with Crippen molar-refractivity contribution in [3.8, 4) is 0 Å². The molecule has 2 aromatic rings. The number of hydrogen-bond donors (Lipinski definition) is 1. The number of ketones is 2. The van der Waals surface area contributed by atoms with Crippen LogP contribution in [0.2, 0.25) is 0 Å². The van der Waals surface area contributed by atoms with Crippen LogP contribution in [-0.2, 0) is 29.1 Å². The van der Waals surface area contributed by atoms with Crippen LogP contribution in [0.3, 0.4) is 0 Å². The Balaban J connectivity index is 1.11. The zero-order chi connectivity index (χ0) is 39.4. The molecule has 1 aromatic heterocycles. The topological polar surface area (TPSA) is 165 Å². The average Bonchev–Trinajstić information content (AvgIpc) is 4.04. The molecule has 0 spiro atoms. The van der Waals surface area contributed by atoms with Gasteiger partial charge in [0.15, 0.2) is 11.6 Å². The fourth-order valence-electron chi connectivity index (χ4n) is 9.01. The van der Waals surface area contributed by atoms with Crippen molar-refractivity contribution in [2.24, 2.45) is 22.2 Å². The van der Waals surface area contributed by atoms with E-state index in [0.717, 1.165) is 11.1 Å². The van der Waals surface area contributed by atoms with Crippen molar-refractivity contribution in [1.29, 1.82) is 0 Å². The van der Waals surface area contributed by atoms with Gasteiger partial charge in [-0.25, -0.2) is 22.2 Å². The summed E-state index contributed by atoms with van der Waals surface area (Å²) >= 11 is 0. The van der Waals surface area contributed by atoms with Crippen molar-refractivity contribution in [3.63, 3.8) is 0 Å². The molecular formula is C41H46F2N4O8S. The summed E-state index contributed by atoms with van der Waals surface area (Å²) in [5.41, 5.74) is 0.208. The molecule has 1 N–H and O–H groups in total. The summed E-state index contributed by atoms with van der Waals surface area (Å²) in [6, 6.07) is 7.90. The lowest BCUT2D eigenvalue weighted by molar-refractivity contribution is -0.142. The first-order valence-corrected chi connectivity index (χ1v) is 21.2. The molecule has 298 valence electrons. The fraction of sp³-hybridized carbons (Fsp3) is 0.561. The summed E-state index contributed by atoms with van der Waals surface area (Å²) in [6.07, 6.45) is 7.21. The lowest BCUT2D eigenvalue weighted by Gasteiger charge is -2.30. The van der Waals surface area contributed by atoms with Crippen molar-refractivity contribution in [3.05, 3.63) is 77.2 Å². The standard InChI is InChI=1S/C41H46F2N4O8S/c1-24-17-33(45-55-24)35(48)18-25-9-3-2-8-16-41(42,43)21-26-20-40(26,39(51)46-56(52,53)28-14-15-28)22-36(49)34-19-27(23-47(34)38(25)50)54-37-31-12-5-4-10-29(31)30-11-6-7-13-32(30)44-37/h4-7,10-13,17,25-28,30,32,34H,2-3,8-9,14-16,18-23H2,1H3,(H,46,51)/t25-,26+,27-,30?,32?,34+,40-/m1/s1. The molecule has 2 saturated heterocycles. The smallest absolute Gasteiger partial charge is 0.248 e. The first kappa shape index (κ1) is 38.3. The van der Waals surface area contributed by atoms with E-state index in [1.165, 1.54) is 11.0 Å². The van der Waals surface area contributed by atoms with Crippen molar-refractivity contribution < 1.29 is 45.6 Å². The molecule has 8 rings (SSSR count). The summed E-state index contributed by atoms with van der Waals surface area (Å²) in [7, 11) is -4.03. The number of hydrogen-bond acceptors (Lipinski definition) is 10. The van der Waals surface area contributed by atoms with Crippen molar-refractivity contribution in [2.75, 3.05) is 6.54 Å². The van der Waals surface area contributed by atoms with Crippen LogP contribution in [0.25, 0.3) is 0 Å². The molecule has 3 aliphatic heterocycles. The summed E-state index contributed by atoms with van der Waals surface area (Å²) in [6.45, 7) is 1.62. The molecule has 0 bridgehead atoms. The van der Waals surface area contributed by atoms with E-state index in [9.17, 15) is 27.6 Å². The van der Waals surface area contributed by atoms with Crippen LogP contribution in [0.15, 0.2) is 64.2 Å². The first-order chi connectivity index (χ1) is 26.7. The van der Waals surface area contributed by atoms with Gasteiger partial charge < -0.3 is 14.2 Å². The Morgan fingerprint density at radius 2 is 1.84 bits per heavy atom. The molecule has 2 saturated carbocycles. The van der Waals surface area contributed by atoms with Gasteiger partial charge in [0.25, 0.3) is 0 Å². The largest absolute Gasteiger partial charge is 0.472 e. The third-order valence-electron chi connectivity index (χ3n) is 12.3. The molecule has 4 heterocycles. The van der Waals surface area contributed by atoms with Gasteiger partial charge in [-0.3, -0.25) is 23.9 Å². The second kappa shape index (κ2) is 14.8. The number of allylic oxidation sites excluding steroid dienone is 2. The molecular weight excluding hydrogens is 747 g/mol. The number of rotatable bonds is 7. The van der Waals surface area contributed by atoms with E-state index in [1.54, 1.807) is 6.92 Å². The Kier molecular flexibility index (Phi) is 10.1. The number of carbonyl (C=O) groups is 4. The number of fused-ring (bicyclic) bond motifs is 5. The van der Waals surface area contributed by atoms with E-state index < -0.39 is 93.2 Å². The molecule has 12 nitrogen and oxygen atoms in total. The van der Waals surface area contributed by atoms with Gasteiger partial charge in [0.2, 0.25) is 33.7 Å². The van der Waals surface area contributed by atoms with Crippen molar-refractivity contribution >= 4 is 39.3 Å². The molecule has 56 heavy (non-hydrogen) atoms. The number of Topliss-reactive ketones (excluding diaryl/α,β-unsaturated/α-hetero) is 2. The summed E-state index contributed by atoms with van der Waals surface area (Å²) < 4.78 is 70.5. The predicted molar refractivity (Wildman–Crippen MR) is 199 cm³/mol. The third kappa shape index (κ3) is 7.75. The number of carbonyl (C=O) groups excluding carboxylic acids is 4. The van der Waals surface area contributed by atoms with Gasteiger partial charge in [-0.1, -0.05) is 60.5 Å². The summed E-state index contributed by atoms with van der Waals surface area (Å²) in [5, 5.41) is 3.10. The molecule has 0 radical (unpaired) electrons. The zero-order valence-corrected chi connectivity index (χ0v) is 32.0. The quantitative estimate of drug-likeness (QED) is 0.343. The number of amides is 2. The SMILES string of the molecule is Cc1cc(C(=O)C[C@H]2CCCCCC(F)(F)C[C@@H]3C[C@@]3(C(=O)NS(=O)(=O)C3CC3)CC(=O)[C@@H]3C[C@@H](OC4=NC5C=CC=CC5c5ccccc54)CN3C2=O)no1. The van der Waals surface area contributed by atoms with E-state index in [1.807, 2.05) is 42.5 Å². The fourth-order valence-corrected chi connectivity index (χ4v) is 10.4. The van der Waals surface area contributed by atoms with Crippen LogP contribution in [0, 0.1) is 24.2 Å². The maximum absolute atomic E-state index is 15.4. The monoisotopic (exact) mass is 792 g/mol. The number of ether oxygens (including phenoxy) is 1. The maximum atomic E-state index is 15.4. The normalized spacial score (nSPS) is 31.5. The van der Waals surface area contributed by atoms with Gasteiger partial charge in [0, 0.05) is 55.6 Å². The summed E-state index contributed by atoms with van der Waals surface area (Å²) in [4.78, 5) is 62.8. The van der Waals surface area contributed by atoms with Crippen molar-refractivity contribution in [1.82, 2.24) is 14.8 Å². The number of sulfonamides is 1. The highest BCUT2D eigenvalue weighted by Gasteiger charge is 2.64. The second-order valence-electron chi connectivity index (χ2n) is 16.5. The molecule has 2 unspecified atom stereocenters. The second-order valence-corrected chi connectivity index (χ2v) is 18.4. The van der Waals surface area contributed by atoms with Crippen LogP contribution < -0.4 is 4.72 Å². The highest BCUT2D eigenvalue weighted by Crippen LogP contribution is 2.60. The number of aromatic nitrogens is 1. The number of nitrogens with one attached hydrogen (secondary N) is 1. The Hall–Kier alpha value is -4.53. The summed E-state index contributed by atoms with van der Waals surface area (Å²) in [5.74, 6) is -6.55. The minimum atomic E-state index is -4.03. The van der Waals surface area contributed by atoms with Crippen molar-refractivity contribution in [2.45, 2.75) is 119 Å². The molecule has 15 heteroatoms. The van der Waals surface area contributed by atoms with E-state index >= 15 is 8.78 Å². The Morgan fingerprint density at radius 3 is 2.61 bits per heavy atom. The first-order valence-electron chi connectivity index (χ1n) is 19.7. The zero-order valence-electron chi connectivity index (χ0n) is 31.2. The van der Waals surface area contributed by atoms with Gasteiger partial charge in [-0.05, 0) is 56.6 Å². The van der Waals surface area contributed by atoms with Crippen LogP contribution in [0.5, 0.6) is 0 Å². The Labute approximate surface area is 324 Å². The number of aliphatic imine (C=N–C) groups is 1. The van der Waals surface area contributed by atoms with Crippen LogP contribution >= 0.6 is 0 Å². The van der Waals surface area contributed by atoms with E-state index in [2.05, 4.69) is 16.0 Å². The van der Waals surface area contributed by atoms with E-state index in [4.69, 9.17) is 14.3 Å². The number of benzene rings is 1. The van der Waals surface area contributed by atoms with Gasteiger partial charge in [-0.2, -0.15) is 0 Å². The lowest BCUT2D eigenvalue weighted by Crippen LogP contribution is -2.46. The van der Waals surface area contributed by atoms with Gasteiger partial charge in [0.05, 0.1) is 29.3 Å². The number of nitrogens with zero attached hydrogens (tertiary/aromatic N) is 3. The number of aryl methyl sites for hydroxylation is 1. The molecule has 1 aromatic carbocycles. The third-order valence-corrected chi connectivity index (χ3v) is 14.1. The van der Waals surface area contributed by atoms with Gasteiger partial charge >= 0.3 is 0 Å². The molecule has 6 aliphatic rings. The Morgan fingerprint density at radius 1 is 1.05 bits per heavy atom. The minimum Gasteiger partial charge on any atom is -0.472 e. The molecule has 3 aliphatic carbocycles. The van der Waals surface area contributed by atoms with E-state index in [-0.39, 0.29) is 56.3 Å². The highest BCUT2D eigenvalue weighted by molar-refractivity contribution is 7.90. The number of halogens is 2. The average molecular weight is 793 g/mol.